The van der Waals surface area contributed by atoms with Crippen LogP contribution in [0.3, 0.4) is 0 Å². The van der Waals surface area contributed by atoms with Crippen LogP contribution in [0.25, 0.3) is 0 Å². The summed E-state index contributed by atoms with van der Waals surface area (Å²) in [6, 6.07) is 13.9. The molecule has 1 aliphatic rings. The number of benzene rings is 2. The summed E-state index contributed by atoms with van der Waals surface area (Å²) >= 11 is 6.26. The number of nitrogens with one attached hydrogen (secondary N) is 1. The number of sulfonamides is 1. The molecule has 1 N–H and O–H groups in total. The first-order chi connectivity index (χ1) is 13.9. The number of halogens is 1. The van der Waals surface area contributed by atoms with Crippen LogP contribution in [0, 0.1) is 6.92 Å². The Morgan fingerprint density at radius 3 is 2.38 bits per heavy atom. The predicted molar refractivity (Wildman–Crippen MR) is 115 cm³/mol. The van der Waals surface area contributed by atoms with E-state index in [2.05, 4.69) is 5.32 Å². The standard InChI is InChI=1S/C22H27ClN2O3S/c1-17-11-13-20(14-12-17)29(27,28)25(15-18-7-5-6-10-21(18)23)16-22(26)24-19-8-3-2-4-9-19/h5-7,10-14,19H,2-4,8-9,15-16H2,1H3,(H,24,26). The van der Waals surface area contributed by atoms with Crippen molar-refractivity contribution in [1.82, 2.24) is 9.62 Å². The van der Waals surface area contributed by atoms with Crippen LogP contribution in [0.2, 0.25) is 5.02 Å². The monoisotopic (exact) mass is 434 g/mol. The van der Waals surface area contributed by atoms with Gasteiger partial charge in [0.2, 0.25) is 15.9 Å². The Morgan fingerprint density at radius 2 is 1.72 bits per heavy atom. The van der Waals surface area contributed by atoms with Crippen LogP contribution in [-0.4, -0.2) is 31.2 Å². The highest BCUT2D eigenvalue weighted by molar-refractivity contribution is 7.89. The number of hydrogen-bond donors (Lipinski definition) is 1. The largest absolute Gasteiger partial charge is 0.352 e. The van der Waals surface area contributed by atoms with Gasteiger partial charge in [0.15, 0.2) is 0 Å². The molecule has 1 fully saturated rings. The molecule has 5 nitrogen and oxygen atoms in total. The first-order valence-corrected chi connectivity index (χ1v) is 11.8. The number of rotatable bonds is 7. The fourth-order valence-corrected chi connectivity index (χ4v) is 5.15. The molecule has 3 rings (SSSR count). The second-order valence-corrected chi connectivity index (χ2v) is 9.93. The summed E-state index contributed by atoms with van der Waals surface area (Å²) in [6.07, 6.45) is 5.26. The van der Waals surface area contributed by atoms with Crippen molar-refractivity contribution in [3.63, 3.8) is 0 Å². The number of hydrogen-bond acceptors (Lipinski definition) is 3. The lowest BCUT2D eigenvalue weighted by Gasteiger charge is -2.26. The van der Waals surface area contributed by atoms with Crippen molar-refractivity contribution >= 4 is 27.5 Å². The first-order valence-electron chi connectivity index (χ1n) is 9.96. The highest BCUT2D eigenvalue weighted by atomic mass is 35.5. The predicted octanol–water partition coefficient (Wildman–Crippen LogP) is 4.29. The number of amides is 1. The van der Waals surface area contributed by atoms with E-state index in [1.807, 2.05) is 6.92 Å². The Kier molecular flexibility index (Phi) is 7.33. The van der Waals surface area contributed by atoms with Crippen LogP contribution in [0.1, 0.15) is 43.2 Å². The summed E-state index contributed by atoms with van der Waals surface area (Å²) in [5, 5.41) is 3.48. The van der Waals surface area contributed by atoms with Crippen LogP contribution >= 0.6 is 11.6 Å². The molecular formula is C22H27ClN2O3S. The fraction of sp³-hybridized carbons (Fsp3) is 0.409. The Morgan fingerprint density at radius 1 is 1.07 bits per heavy atom. The number of carbonyl (C=O) groups excluding carboxylic acids is 1. The molecule has 29 heavy (non-hydrogen) atoms. The molecule has 0 radical (unpaired) electrons. The molecule has 0 aliphatic heterocycles. The zero-order valence-electron chi connectivity index (χ0n) is 16.6. The molecule has 0 unspecified atom stereocenters. The minimum Gasteiger partial charge on any atom is -0.352 e. The van der Waals surface area contributed by atoms with Gasteiger partial charge in [0.1, 0.15) is 0 Å². The van der Waals surface area contributed by atoms with E-state index in [4.69, 9.17) is 11.6 Å². The van der Waals surface area contributed by atoms with Crippen LogP contribution in [0.5, 0.6) is 0 Å². The maximum atomic E-state index is 13.3. The van der Waals surface area contributed by atoms with Gasteiger partial charge >= 0.3 is 0 Å². The minimum atomic E-state index is -3.85. The summed E-state index contributed by atoms with van der Waals surface area (Å²) in [5.74, 6) is -0.278. The molecule has 1 saturated carbocycles. The highest BCUT2D eigenvalue weighted by Gasteiger charge is 2.28. The summed E-state index contributed by atoms with van der Waals surface area (Å²) < 4.78 is 27.8. The van der Waals surface area contributed by atoms with Crippen LogP contribution in [0.4, 0.5) is 0 Å². The van der Waals surface area contributed by atoms with E-state index in [9.17, 15) is 13.2 Å². The van der Waals surface area contributed by atoms with Crippen molar-refractivity contribution in [2.75, 3.05) is 6.54 Å². The summed E-state index contributed by atoms with van der Waals surface area (Å²) in [4.78, 5) is 12.8. The molecule has 0 bridgehead atoms. The lowest BCUT2D eigenvalue weighted by molar-refractivity contribution is -0.122. The highest BCUT2D eigenvalue weighted by Crippen LogP contribution is 2.23. The molecule has 2 aromatic carbocycles. The third-order valence-corrected chi connectivity index (χ3v) is 7.43. The normalized spacial score (nSPS) is 15.4. The van der Waals surface area contributed by atoms with E-state index >= 15 is 0 Å². The maximum absolute atomic E-state index is 13.3. The second kappa shape index (κ2) is 9.74. The van der Waals surface area contributed by atoms with Crippen molar-refractivity contribution in [2.24, 2.45) is 0 Å². The minimum absolute atomic E-state index is 0.0357. The number of nitrogens with zero attached hydrogens (tertiary/aromatic N) is 1. The number of carbonyl (C=O) groups is 1. The van der Waals surface area contributed by atoms with E-state index in [-0.39, 0.29) is 29.9 Å². The molecule has 0 heterocycles. The summed E-state index contributed by atoms with van der Waals surface area (Å²) in [5.41, 5.74) is 1.63. The quantitative estimate of drug-likeness (QED) is 0.706. The Balaban J connectivity index is 1.83. The summed E-state index contributed by atoms with van der Waals surface area (Å²) in [6.45, 7) is 1.70. The Hall–Kier alpha value is -1.89. The van der Waals surface area contributed by atoms with Gasteiger partial charge in [0.25, 0.3) is 0 Å². The average molecular weight is 435 g/mol. The SMILES string of the molecule is Cc1ccc(S(=O)(=O)N(CC(=O)NC2CCCCC2)Cc2ccccc2Cl)cc1. The van der Waals surface area contributed by atoms with E-state index in [1.54, 1.807) is 48.5 Å². The van der Waals surface area contributed by atoms with Gasteiger partial charge in [0, 0.05) is 17.6 Å². The van der Waals surface area contributed by atoms with Gasteiger partial charge in [-0.1, -0.05) is 66.8 Å². The first kappa shape index (κ1) is 21.8. The van der Waals surface area contributed by atoms with Gasteiger partial charge in [-0.2, -0.15) is 4.31 Å². The van der Waals surface area contributed by atoms with Crippen molar-refractivity contribution in [3.05, 3.63) is 64.7 Å². The number of aryl methyl sites for hydroxylation is 1. The van der Waals surface area contributed by atoms with Crippen molar-refractivity contribution < 1.29 is 13.2 Å². The van der Waals surface area contributed by atoms with E-state index in [1.165, 1.54) is 10.7 Å². The van der Waals surface area contributed by atoms with Crippen LogP contribution < -0.4 is 5.32 Å². The molecule has 0 spiro atoms. The maximum Gasteiger partial charge on any atom is 0.243 e. The van der Waals surface area contributed by atoms with E-state index in [0.29, 0.717) is 10.6 Å². The Labute approximate surface area is 178 Å². The van der Waals surface area contributed by atoms with Gasteiger partial charge in [-0.25, -0.2) is 8.42 Å². The van der Waals surface area contributed by atoms with Gasteiger partial charge in [-0.05, 0) is 43.5 Å². The third-order valence-electron chi connectivity index (χ3n) is 5.25. The molecule has 156 valence electrons. The molecule has 1 amide bonds. The molecular weight excluding hydrogens is 408 g/mol. The smallest absolute Gasteiger partial charge is 0.243 e. The Bertz CT molecular complexity index is 939. The topological polar surface area (TPSA) is 66.5 Å². The average Bonchev–Trinajstić information content (AvgIpc) is 2.70. The molecule has 0 atom stereocenters. The summed E-state index contributed by atoms with van der Waals surface area (Å²) in [7, 11) is -3.85. The van der Waals surface area contributed by atoms with E-state index < -0.39 is 10.0 Å². The zero-order valence-corrected chi connectivity index (χ0v) is 18.2. The van der Waals surface area contributed by atoms with E-state index in [0.717, 1.165) is 31.2 Å². The van der Waals surface area contributed by atoms with Gasteiger partial charge in [-0.15, -0.1) is 0 Å². The molecule has 1 aliphatic carbocycles. The van der Waals surface area contributed by atoms with Crippen molar-refractivity contribution in [1.29, 1.82) is 0 Å². The van der Waals surface area contributed by atoms with Gasteiger partial charge in [-0.3, -0.25) is 4.79 Å². The van der Waals surface area contributed by atoms with Crippen molar-refractivity contribution in [3.8, 4) is 0 Å². The molecule has 7 heteroatoms. The van der Waals surface area contributed by atoms with Crippen LogP contribution in [-0.2, 0) is 21.4 Å². The molecule has 2 aromatic rings. The lowest BCUT2D eigenvalue weighted by atomic mass is 9.95. The second-order valence-electron chi connectivity index (χ2n) is 7.58. The zero-order chi connectivity index (χ0) is 20.9. The lowest BCUT2D eigenvalue weighted by Crippen LogP contribution is -2.44. The van der Waals surface area contributed by atoms with Gasteiger partial charge in [0.05, 0.1) is 11.4 Å². The molecule has 0 saturated heterocycles. The van der Waals surface area contributed by atoms with Crippen LogP contribution in [0.15, 0.2) is 53.4 Å². The van der Waals surface area contributed by atoms with Crippen molar-refractivity contribution in [2.45, 2.75) is 56.5 Å². The third kappa shape index (κ3) is 5.81. The van der Waals surface area contributed by atoms with Gasteiger partial charge < -0.3 is 5.32 Å². The fourth-order valence-electron chi connectivity index (χ4n) is 3.58. The molecule has 0 aromatic heterocycles.